The molecule has 1 aliphatic rings. The van der Waals surface area contributed by atoms with Crippen LogP contribution in [0.5, 0.6) is 11.5 Å². The Balaban J connectivity index is 1.66. The summed E-state index contributed by atoms with van der Waals surface area (Å²) in [6, 6.07) is 12.2. The zero-order valence-electron chi connectivity index (χ0n) is 15.4. The van der Waals surface area contributed by atoms with E-state index in [-0.39, 0.29) is 23.0 Å². The molecule has 1 fully saturated rings. The Morgan fingerprint density at radius 2 is 1.79 bits per heavy atom. The first-order valence-electron chi connectivity index (χ1n) is 8.86. The van der Waals surface area contributed by atoms with Crippen LogP contribution in [0.1, 0.15) is 15.9 Å². The molecule has 1 heterocycles. The van der Waals surface area contributed by atoms with E-state index in [1.807, 2.05) is 24.3 Å². The highest BCUT2D eigenvalue weighted by atomic mass is 35.5. The molecule has 2 aromatic carbocycles. The highest BCUT2D eigenvalue weighted by Crippen LogP contribution is 2.33. The van der Waals surface area contributed by atoms with Crippen LogP contribution in [0.2, 0.25) is 5.02 Å². The van der Waals surface area contributed by atoms with Gasteiger partial charge in [0.05, 0.1) is 12.7 Å². The van der Waals surface area contributed by atoms with Crippen molar-refractivity contribution in [1.82, 2.24) is 9.80 Å². The van der Waals surface area contributed by atoms with Crippen molar-refractivity contribution < 1.29 is 23.0 Å². The summed E-state index contributed by atoms with van der Waals surface area (Å²) in [5.41, 5.74) is 1.22. The smallest absolute Gasteiger partial charge is 0.387 e. The minimum atomic E-state index is -3.04. The van der Waals surface area contributed by atoms with Crippen LogP contribution in [-0.4, -0.2) is 55.6 Å². The number of methoxy groups -OCH3 is 1. The van der Waals surface area contributed by atoms with Crippen LogP contribution < -0.4 is 9.47 Å². The number of hydrogen-bond acceptors (Lipinski definition) is 4. The van der Waals surface area contributed by atoms with E-state index in [9.17, 15) is 13.6 Å². The molecule has 0 bridgehead atoms. The molecule has 2 aromatic rings. The molecule has 1 amide bonds. The summed E-state index contributed by atoms with van der Waals surface area (Å²) in [5.74, 6) is -0.471. The van der Waals surface area contributed by atoms with Crippen molar-refractivity contribution in [2.75, 3.05) is 33.3 Å². The van der Waals surface area contributed by atoms with Gasteiger partial charge >= 0.3 is 6.61 Å². The third-order valence-electron chi connectivity index (χ3n) is 4.62. The van der Waals surface area contributed by atoms with Crippen LogP contribution >= 0.6 is 11.6 Å². The Kier molecular flexibility index (Phi) is 6.70. The third kappa shape index (κ3) is 4.91. The number of carbonyl (C=O) groups excluding carboxylic acids is 1. The van der Waals surface area contributed by atoms with Gasteiger partial charge in [-0.25, -0.2) is 0 Å². The molecule has 5 nitrogen and oxygen atoms in total. The molecule has 0 unspecified atom stereocenters. The lowest BCUT2D eigenvalue weighted by molar-refractivity contribution is -0.0517. The molecule has 28 heavy (non-hydrogen) atoms. The number of nitrogens with zero attached hydrogens (tertiary/aromatic N) is 2. The molecule has 0 atom stereocenters. The first-order valence-corrected chi connectivity index (χ1v) is 9.23. The van der Waals surface area contributed by atoms with Gasteiger partial charge in [-0.2, -0.15) is 8.78 Å². The fraction of sp³-hybridized carbons (Fsp3) is 0.350. The van der Waals surface area contributed by atoms with Gasteiger partial charge in [-0.15, -0.1) is 0 Å². The Hall–Kier alpha value is -2.38. The number of rotatable bonds is 6. The number of para-hydroxylation sites is 1. The second-order valence-corrected chi connectivity index (χ2v) is 6.85. The number of piperazine rings is 1. The highest BCUT2D eigenvalue weighted by molar-refractivity contribution is 6.30. The van der Waals surface area contributed by atoms with Gasteiger partial charge in [-0.1, -0.05) is 29.8 Å². The summed E-state index contributed by atoms with van der Waals surface area (Å²) in [7, 11) is 1.34. The monoisotopic (exact) mass is 410 g/mol. The van der Waals surface area contributed by atoms with Crippen molar-refractivity contribution in [3.63, 3.8) is 0 Å². The summed E-state index contributed by atoms with van der Waals surface area (Å²) in [5, 5.41) is 0.694. The minimum absolute atomic E-state index is 0.0748. The molecular formula is C20H21ClF2N2O3. The molecule has 150 valence electrons. The summed E-state index contributed by atoms with van der Waals surface area (Å²) in [4.78, 5) is 16.8. The topological polar surface area (TPSA) is 42.0 Å². The van der Waals surface area contributed by atoms with Crippen molar-refractivity contribution in [2.24, 2.45) is 0 Å². The minimum Gasteiger partial charge on any atom is -0.493 e. The second-order valence-electron chi connectivity index (χ2n) is 6.41. The molecule has 0 aromatic heterocycles. The molecular weight excluding hydrogens is 390 g/mol. The standard InChI is InChI=1S/C20H21ClF2N2O3/c1-27-17-4-2-3-16(18(17)28-20(22)23)19(26)25-11-9-24(10-12-25)13-14-5-7-15(21)8-6-14/h2-8,20H,9-13H2,1H3. The molecule has 0 spiro atoms. The lowest BCUT2D eigenvalue weighted by atomic mass is 10.1. The Morgan fingerprint density at radius 3 is 2.39 bits per heavy atom. The summed E-state index contributed by atoms with van der Waals surface area (Å²) in [6.07, 6.45) is 0. The van der Waals surface area contributed by atoms with Crippen molar-refractivity contribution in [3.8, 4) is 11.5 Å². The van der Waals surface area contributed by atoms with Crippen LogP contribution in [0.3, 0.4) is 0 Å². The van der Waals surface area contributed by atoms with Gasteiger partial charge in [0.15, 0.2) is 11.5 Å². The van der Waals surface area contributed by atoms with E-state index in [1.54, 1.807) is 11.0 Å². The molecule has 0 N–H and O–H groups in total. The normalized spacial score (nSPS) is 15.0. The largest absolute Gasteiger partial charge is 0.493 e. The number of alkyl halides is 2. The Morgan fingerprint density at radius 1 is 1.11 bits per heavy atom. The predicted molar refractivity (Wildman–Crippen MR) is 102 cm³/mol. The summed E-state index contributed by atoms with van der Waals surface area (Å²) in [6.45, 7) is 0.0828. The van der Waals surface area contributed by atoms with Crippen LogP contribution in [0, 0.1) is 0 Å². The number of carbonyl (C=O) groups is 1. The van der Waals surface area contributed by atoms with E-state index in [1.165, 1.54) is 19.2 Å². The number of benzene rings is 2. The van der Waals surface area contributed by atoms with Gasteiger partial charge in [-0.05, 0) is 29.8 Å². The van der Waals surface area contributed by atoms with Gasteiger partial charge in [0, 0.05) is 37.7 Å². The molecule has 0 saturated carbocycles. The van der Waals surface area contributed by atoms with Gasteiger partial charge in [0.1, 0.15) is 0 Å². The Bertz CT molecular complexity index is 810. The van der Waals surface area contributed by atoms with Gasteiger partial charge in [0.2, 0.25) is 0 Å². The molecule has 1 aliphatic heterocycles. The van der Waals surface area contributed by atoms with E-state index in [0.717, 1.165) is 12.1 Å². The third-order valence-corrected chi connectivity index (χ3v) is 4.87. The lowest BCUT2D eigenvalue weighted by Crippen LogP contribution is -2.48. The maximum atomic E-state index is 12.9. The Labute approximate surface area is 167 Å². The van der Waals surface area contributed by atoms with E-state index >= 15 is 0 Å². The maximum Gasteiger partial charge on any atom is 0.387 e. The van der Waals surface area contributed by atoms with Crippen LogP contribution in [0.4, 0.5) is 8.78 Å². The first kappa shape index (κ1) is 20.4. The summed E-state index contributed by atoms with van der Waals surface area (Å²) < 4.78 is 35.2. The summed E-state index contributed by atoms with van der Waals surface area (Å²) >= 11 is 5.91. The van der Waals surface area contributed by atoms with E-state index in [0.29, 0.717) is 31.2 Å². The molecule has 3 rings (SSSR count). The van der Waals surface area contributed by atoms with Crippen LogP contribution in [0.15, 0.2) is 42.5 Å². The van der Waals surface area contributed by atoms with Crippen molar-refractivity contribution in [3.05, 3.63) is 58.6 Å². The van der Waals surface area contributed by atoms with E-state index < -0.39 is 6.61 Å². The van der Waals surface area contributed by atoms with Crippen LogP contribution in [-0.2, 0) is 6.54 Å². The fourth-order valence-corrected chi connectivity index (χ4v) is 3.31. The SMILES string of the molecule is COc1cccc(C(=O)N2CCN(Cc3ccc(Cl)cc3)CC2)c1OC(F)F. The van der Waals surface area contributed by atoms with Crippen molar-refractivity contribution in [2.45, 2.75) is 13.2 Å². The van der Waals surface area contributed by atoms with Crippen molar-refractivity contribution in [1.29, 1.82) is 0 Å². The number of hydrogen-bond donors (Lipinski definition) is 0. The quantitative estimate of drug-likeness (QED) is 0.724. The molecule has 0 aliphatic carbocycles. The van der Waals surface area contributed by atoms with Crippen LogP contribution in [0.25, 0.3) is 0 Å². The lowest BCUT2D eigenvalue weighted by Gasteiger charge is -2.35. The van der Waals surface area contributed by atoms with Gasteiger partial charge in [0.25, 0.3) is 5.91 Å². The molecule has 0 radical (unpaired) electrons. The van der Waals surface area contributed by atoms with Gasteiger partial charge in [-0.3, -0.25) is 9.69 Å². The average molecular weight is 411 g/mol. The van der Waals surface area contributed by atoms with Gasteiger partial charge < -0.3 is 14.4 Å². The zero-order chi connectivity index (χ0) is 20.1. The maximum absolute atomic E-state index is 12.9. The molecule has 1 saturated heterocycles. The fourth-order valence-electron chi connectivity index (χ4n) is 3.18. The number of amides is 1. The predicted octanol–water partition coefficient (Wildman–Crippen LogP) is 3.91. The number of halogens is 3. The van der Waals surface area contributed by atoms with E-state index in [2.05, 4.69) is 9.64 Å². The van der Waals surface area contributed by atoms with Crippen molar-refractivity contribution >= 4 is 17.5 Å². The number of ether oxygens (including phenoxy) is 2. The second kappa shape index (κ2) is 9.21. The molecule has 8 heteroatoms. The first-order chi connectivity index (χ1) is 13.5. The highest BCUT2D eigenvalue weighted by Gasteiger charge is 2.27. The van der Waals surface area contributed by atoms with E-state index in [4.69, 9.17) is 16.3 Å². The average Bonchev–Trinajstić information content (AvgIpc) is 2.69. The zero-order valence-corrected chi connectivity index (χ0v) is 16.2.